The third kappa shape index (κ3) is 6.04. The molecule has 0 aliphatic carbocycles. The number of hydrogen-bond acceptors (Lipinski definition) is 9. The molecule has 0 unspecified atom stereocenters. The van der Waals surface area contributed by atoms with Crippen molar-refractivity contribution in [3.8, 4) is 6.01 Å². The van der Waals surface area contributed by atoms with Crippen molar-refractivity contribution in [2.45, 2.75) is 89.4 Å². The van der Waals surface area contributed by atoms with Gasteiger partial charge in [0.25, 0.3) is 5.91 Å². The van der Waals surface area contributed by atoms with E-state index in [1.165, 1.54) is 0 Å². The molecule has 1 amide bonds. The summed E-state index contributed by atoms with van der Waals surface area (Å²) < 4.78 is 35.1. The monoisotopic (exact) mass is 727 g/mol. The lowest BCUT2D eigenvalue weighted by Gasteiger charge is -2.38. The molecule has 0 radical (unpaired) electrons. The van der Waals surface area contributed by atoms with Gasteiger partial charge in [0, 0.05) is 56.2 Å². The molecule has 14 heteroatoms. The summed E-state index contributed by atoms with van der Waals surface area (Å²) in [5.74, 6) is 0.541. The van der Waals surface area contributed by atoms with Crippen LogP contribution in [0.15, 0.2) is 18.2 Å². The summed E-state index contributed by atoms with van der Waals surface area (Å²) in [6, 6.07) is 6.25. The Balaban J connectivity index is 1.14. The second-order valence-electron chi connectivity index (χ2n) is 14.4. The fraction of sp³-hybridized carbons (Fsp3) is 0.611. The Labute approximate surface area is 302 Å². The SMILES string of the molecule is CCc1c(Cl)cccc1[C@]1(C)Cc2nc(OC[C@@]34CCCN3C[C@H](F)C4)nc(N3CCCn4nc(C(=O)N5CCOCC5)c(Cl)c4C3)c2CO1. The maximum atomic E-state index is 14.6. The summed E-state index contributed by atoms with van der Waals surface area (Å²) in [4.78, 5) is 29.7. The van der Waals surface area contributed by atoms with Crippen molar-refractivity contribution < 1.29 is 23.4 Å². The second-order valence-corrected chi connectivity index (χ2v) is 15.2. The van der Waals surface area contributed by atoms with E-state index in [-0.39, 0.29) is 23.2 Å². The van der Waals surface area contributed by atoms with Gasteiger partial charge in [0.2, 0.25) is 0 Å². The minimum absolute atomic E-state index is 0.177. The lowest BCUT2D eigenvalue weighted by molar-refractivity contribution is -0.0611. The van der Waals surface area contributed by atoms with Crippen LogP contribution in [0.2, 0.25) is 10.0 Å². The molecule has 268 valence electrons. The van der Waals surface area contributed by atoms with Crippen molar-refractivity contribution in [3.63, 3.8) is 0 Å². The van der Waals surface area contributed by atoms with Gasteiger partial charge in [0.15, 0.2) is 5.69 Å². The van der Waals surface area contributed by atoms with Crippen LogP contribution in [0.4, 0.5) is 10.2 Å². The Kier molecular flexibility index (Phi) is 9.20. The third-order valence-corrected chi connectivity index (χ3v) is 12.0. The van der Waals surface area contributed by atoms with Gasteiger partial charge in [-0.25, -0.2) is 4.39 Å². The van der Waals surface area contributed by atoms with E-state index in [9.17, 15) is 9.18 Å². The number of rotatable bonds is 7. The molecule has 5 aliphatic heterocycles. The molecule has 3 aromatic rings. The summed E-state index contributed by atoms with van der Waals surface area (Å²) in [5.41, 5.74) is 3.89. The van der Waals surface area contributed by atoms with E-state index in [4.69, 9.17) is 52.5 Å². The van der Waals surface area contributed by atoms with E-state index in [2.05, 4.69) is 29.7 Å². The predicted octanol–water partition coefficient (Wildman–Crippen LogP) is 5.37. The zero-order valence-corrected chi connectivity index (χ0v) is 30.2. The van der Waals surface area contributed by atoms with E-state index in [0.29, 0.717) is 83.6 Å². The van der Waals surface area contributed by atoms with Crippen LogP contribution in [-0.4, -0.2) is 99.7 Å². The maximum absolute atomic E-state index is 14.6. The molecule has 3 fully saturated rings. The highest BCUT2D eigenvalue weighted by atomic mass is 35.5. The summed E-state index contributed by atoms with van der Waals surface area (Å²) >= 11 is 13.6. The molecule has 5 aliphatic rings. The number of halogens is 3. The lowest BCUT2D eigenvalue weighted by Crippen LogP contribution is -2.43. The Bertz CT molecular complexity index is 1790. The quantitative estimate of drug-likeness (QED) is 0.318. The van der Waals surface area contributed by atoms with Crippen LogP contribution >= 0.6 is 23.2 Å². The highest BCUT2D eigenvalue weighted by Crippen LogP contribution is 2.44. The molecule has 7 heterocycles. The zero-order valence-electron chi connectivity index (χ0n) is 28.7. The van der Waals surface area contributed by atoms with Crippen LogP contribution in [0.25, 0.3) is 0 Å². The molecule has 3 atom stereocenters. The van der Waals surface area contributed by atoms with E-state index in [1.54, 1.807) is 4.90 Å². The van der Waals surface area contributed by atoms with E-state index < -0.39 is 11.8 Å². The van der Waals surface area contributed by atoms with Crippen molar-refractivity contribution in [2.24, 2.45) is 0 Å². The fourth-order valence-corrected chi connectivity index (χ4v) is 9.25. The Morgan fingerprint density at radius 3 is 2.78 bits per heavy atom. The first kappa shape index (κ1) is 34.1. The van der Waals surface area contributed by atoms with Crippen molar-refractivity contribution in [1.82, 2.24) is 29.5 Å². The summed E-state index contributed by atoms with van der Waals surface area (Å²) in [6.07, 6.45) is 3.57. The first-order chi connectivity index (χ1) is 24.2. The molecular weight excluding hydrogens is 684 g/mol. The summed E-state index contributed by atoms with van der Waals surface area (Å²) in [6.45, 7) is 9.88. The third-order valence-electron chi connectivity index (χ3n) is 11.3. The van der Waals surface area contributed by atoms with Gasteiger partial charge in [-0.15, -0.1) is 0 Å². The normalized spacial score (nSPS) is 26.8. The Morgan fingerprint density at radius 1 is 1.12 bits per heavy atom. The Hall–Kier alpha value is -3.03. The molecule has 3 saturated heterocycles. The summed E-state index contributed by atoms with van der Waals surface area (Å²) in [7, 11) is 0. The number of alkyl halides is 1. The van der Waals surface area contributed by atoms with Crippen LogP contribution in [0.5, 0.6) is 6.01 Å². The van der Waals surface area contributed by atoms with Crippen LogP contribution in [0.1, 0.15) is 78.1 Å². The van der Waals surface area contributed by atoms with Crippen molar-refractivity contribution >= 4 is 34.9 Å². The Morgan fingerprint density at radius 2 is 1.96 bits per heavy atom. The standard InChI is InChI=1S/C36H44Cl2FN7O4/c1-3-24-26(7-4-8-27(24)37)35(2)18-28-25(21-50-35)32(41-34(40-28)49-22-36-9-5-11-45(36)19-23(39)17-36)44-10-6-12-46-29(20-44)30(38)31(42-46)33(47)43-13-15-48-16-14-43/h4,7-8,23H,3,5-6,9-22H2,1-2H3/t23-,35+,36+/m1/s1. The molecule has 8 rings (SSSR count). The van der Waals surface area contributed by atoms with Crippen molar-refractivity contribution in [2.75, 3.05) is 57.4 Å². The average Bonchev–Trinajstić information content (AvgIpc) is 3.69. The van der Waals surface area contributed by atoms with Crippen LogP contribution in [-0.2, 0) is 47.6 Å². The predicted molar refractivity (Wildman–Crippen MR) is 187 cm³/mol. The number of ether oxygens (including phenoxy) is 3. The number of anilines is 1. The van der Waals surface area contributed by atoms with Crippen LogP contribution in [0.3, 0.4) is 0 Å². The highest BCUT2D eigenvalue weighted by molar-refractivity contribution is 6.34. The van der Waals surface area contributed by atoms with Gasteiger partial charge in [0.1, 0.15) is 18.6 Å². The number of aryl methyl sites for hydroxylation is 1. The molecule has 2 aromatic heterocycles. The summed E-state index contributed by atoms with van der Waals surface area (Å²) in [5, 5.41) is 5.79. The van der Waals surface area contributed by atoms with Gasteiger partial charge in [-0.3, -0.25) is 14.4 Å². The number of benzene rings is 1. The zero-order chi connectivity index (χ0) is 34.6. The number of aromatic nitrogens is 4. The molecule has 0 saturated carbocycles. The molecule has 1 aromatic carbocycles. The van der Waals surface area contributed by atoms with Gasteiger partial charge >= 0.3 is 6.01 Å². The minimum Gasteiger partial charge on any atom is -0.461 e. The second kappa shape index (κ2) is 13.5. The lowest BCUT2D eigenvalue weighted by atomic mass is 9.84. The first-order valence-electron chi connectivity index (χ1n) is 17.9. The van der Waals surface area contributed by atoms with Crippen LogP contribution < -0.4 is 9.64 Å². The number of amides is 1. The van der Waals surface area contributed by atoms with E-state index in [1.807, 2.05) is 16.8 Å². The van der Waals surface area contributed by atoms with Gasteiger partial charge in [0.05, 0.1) is 53.9 Å². The van der Waals surface area contributed by atoms with Gasteiger partial charge in [-0.1, -0.05) is 42.3 Å². The number of morpholine rings is 1. The molecule has 0 bridgehead atoms. The van der Waals surface area contributed by atoms with Crippen LogP contribution in [0, 0.1) is 0 Å². The number of hydrogen-bond donors (Lipinski definition) is 0. The van der Waals surface area contributed by atoms with Crippen molar-refractivity contribution in [1.29, 1.82) is 0 Å². The molecule has 50 heavy (non-hydrogen) atoms. The van der Waals surface area contributed by atoms with E-state index in [0.717, 1.165) is 71.1 Å². The topological polar surface area (TPSA) is 98.1 Å². The fourth-order valence-electron chi connectivity index (χ4n) is 8.67. The smallest absolute Gasteiger partial charge is 0.318 e. The van der Waals surface area contributed by atoms with Gasteiger partial charge in [-0.2, -0.15) is 15.1 Å². The molecular formula is C36H44Cl2FN7O4. The average molecular weight is 729 g/mol. The van der Waals surface area contributed by atoms with E-state index >= 15 is 0 Å². The number of carbonyl (C=O) groups excluding carboxylic acids is 1. The number of fused-ring (bicyclic) bond motifs is 3. The van der Waals surface area contributed by atoms with Gasteiger partial charge in [-0.05, 0) is 56.3 Å². The highest BCUT2D eigenvalue weighted by Gasteiger charge is 2.49. The number of nitrogens with zero attached hydrogens (tertiary/aromatic N) is 7. The largest absolute Gasteiger partial charge is 0.461 e. The first-order valence-corrected chi connectivity index (χ1v) is 18.6. The van der Waals surface area contributed by atoms with Crippen molar-refractivity contribution in [3.05, 3.63) is 62.0 Å². The molecule has 0 spiro atoms. The van der Waals surface area contributed by atoms with Gasteiger partial charge < -0.3 is 24.0 Å². The number of carbonyl (C=O) groups is 1. The molecule has 0 N–H and O–H groups in total. The minimum atomic E-state index is -0.853. The molecule has 11 nitrogen and oxygen atoms in total. The maximum Gasteiger partial charge on any atom is 0.318 e.